The maximum atomic E-state index is 2.51. The summed E-state index contributed by atoms with van der Waals surface area (Å²) in [7, 11) is 4.22. The number of hydrogen-bond donors (Lipinski definition) is 0. The quantitative estimate of drug-likeness (QED) is 0.770. The van der Waals surface area contributed by atoms with Crippen LogP contribution >= 0.6 is 0 Å². The van der Waals surface area contributed by atoms with Gasteiger partial charge in [0, 0.05) is 43.2 Å². The van der Waals surface area contributed by atoms with Gasteiger partial charge < -0.3 is 4.90 Å². The zero-order valence-corrected chi connectivity index (χ0v) is 15.5. The molecule has 2 aromatic rings. The molecular weight excluding hydrogens is 292 g/mol. The third-order valence-corrected chi connectivity index (χ3v) is 5.84. The predicted octanol–water partition coefficient (Wildman–Crippen LogP) is 2.29. The zero-order chi connectivity index (χ0) is 17.1. The van der Waals surface area contributed by atoms with E-state index in [1.807, 2.05) is 0 Å². The topological polar surface area (TPSA) is 6.25 Å². The van der Waals surface area contributed by atoms with Crippen LogP contribution in [0.5, 0.6) is 0 Å². The van der Waals surface area contributed by atoms with E-state index in [4.69, 9.17) is 0 Å². The van der Waals surface area contributed by atoms with E-state index in [9.17, 15) is 0 Å². The van der Waals surface area contributed by atoms with Crippen LogP contribution in [0.15, 0.2) is 30.3 Å². The van der Waals surface area contributed by atoms with Crippen molar-refractivity contribution in [2.24, 2.45) is 0 Å². The van der Waals surface area contributed by atoms with Crippen LogP contribution in [0.1, 0.15) is 43.0 Å². The first-order valence-electron chi connectivity index (χ1n) is 9.00. The van der Waals surface area contributed by atoms with E-state index in [1.165, 1.54) is 44.9 Å². The van der Waals surface area contributed by atoms with Crippen molar-refractivity contribution >= 4 is 11.8 Å². The molecule has 1 aliphatic carbocycles. The van der Waals surface area contributed by atoms with Gasteiger partial charge >= 0.3 is 0 Å². The molecule has 124 valence electrons. The van der Waals surface area contributed by atoms with Crippen molar-refractivity contribution in [1.29, 1.82) is 0 Å². The van der Waals surface area contributed by atoms with Gasteiger partial charge in [0.15, 0.2) is 0 Å². The molecule has 24 heavy (non-hydrogen) atoms. The van der Waals surface area contributed by atoms with Gasteiger partial charge in [0.05, 0.1) is 0 Å². The summed E-state index contributed by atoms with van der Waals surface area (Å²) in [6, 6.07) is 11.8. The minimum absolute atomic E-state index is 0.0302. The van der Waals surface area contributed by atoms with Crippen LogP contribution in [-0.4, -0.2) is 27.2 Å². The standard InChI is InChI=1S/C22H27N2/c1-6-24-10-9-16-12-17-11-15-7-8-18(23(4)5)13-19(15)22(2,3)20(17)14-21(16)24/h7-8,11-14H,6,9-10H2,1-5H3/q+1. The summed E-state index contributed by atoms with van der Waals surface area (Å²) in [4.78, 5) is 2.19. The molecule has 2 nitrogen and oxygen atoms in total. The van der Waals surface area contributed by atoms with Crippen LogP contribution in [-0.2, 0) is 11.8 Å². The Balaban J connectivity index is 2.02. The van der Waals surface area contributed by atoms with Crippen LogP contribution < -0.4 is 20.1 Å². The van der Waals surface area contributed by atoms with Gasteiger partial charge in [-0.25, -0.2) is 4.58 Å². The van der Waals surface area contributed by atoms with Crippen molar-refractivity contribution in [3.63, 3.8) is 0 Å². The Bertz CT molecular complexity index is 949. The molecule has 0 spiro atoms. The third kappa shape index (κ3) is 2.12. The van der Waals surface area contributed by atoms with E-state index in [2.05, 4.69) is 80.7 Å². The van der Waals surface area contributed by atoms with Crippen LogP contribution in [0.4, 0.5) is 5.69 Å². The van der Waals surface area contributed by atoms with Crippen molar-refractivity contribution < 1.29 is 0 Å². The molecule has 0 N–H and O–H groups in total. The van der Waals surface area contributed by atoms with Crippen molar-refractivity contribution in [3.8, 4) is 0 Å². The fourth-order valence-corrected chi connectivity index (χ4v) is 4.31. The van der Waals surface area contributed by atoms with E-state index >= 15 is 0 Å². The lowest BCUT2D eigenvalue weighted by atomic mass is 9.72. The van der Waals surface area contributed by atoms with Crippen LogP contribution in [0, 0.1) is 0 Å². The summed E-state index contributed by atoms with van der Waals surface area (Å²) in [5, 5.41) is 2.85. The maximum Gasteiger partial charge on any atom is 0.203 e. The van der Waals surface area contributed by atoms with Gasteiger partial charge in [-0.15, -0.1) is 0 Å². The lowest BCUT2D eigenvalue weighted by molar-refractivity contribution is 0.619. The minimum atomic E-state index is 0.0302. The van der Waals surface area contributed by atoms with Crippen molar-refractivity contribution in [2.75, 3.05) is 32.1 Å². The summed E-state index contributed by atoms with van der Waals surface area (Å²) in [5.41, 5.74) is 7.07. The molecule has 0 amide bonds. The molecule has 4 rings (SSSR count). The average Bonchev–Trinajstić information content (AvgIpc) is 2.95. The number of anilines is 1. The molecule has 0 aromatic heterocycles. The Hall–Kier alpha value is -2.09. The first kappa shape index (κ1) is 15.4. The van der Waals surface area contributed by atoms with E-state index < -0.39 is 0 Å². The highest BCUT2D eigenvalue weighted by Crippen LogP contribution is 2.36. The van der Waals surface area contributed by atoms with E-state index in [-0.39, 0.29) is 5.41 Å². The highest BCUT2D eigenvalue weighted by molar-refractivity contribution is 5.67. The number of likely N-dealkylation sites (N-methyl/N-ethyl adjacent to an activating group) is 1. The Kier molecular flexibility index (Phi) is 3.35. The Morgan fingerprint density at radius 1 is 1.08 bits per heavy atom. The van der Waals surface area contributed by atoms with Gasteiger partial charge in [-0.2, -0.15) is 0 Å². The van der Waals surface area contributed by atoms with Gasteiger partial charge in [-0.1, -0.05) is 19.9 Å². The van der Waals surface area contributed by atoms with Crippen molar-refractivity contribution in [1.82, 2.24) is 4.58 Å². The fourth-order valence-electron chi connectivity index (χ4n) is 4.31. The number of hydrogen-bond acceptors (Lipinski definition) is 1. The van der Waals surface area contributed by atoms with Gasteiger partial charge in [0.25, 0.3) is 0 Å². The average molecular weight is 319 g/mol. The van der Waals surface area contributed by atoms with Gasteiger partial charge in [-0.05, 0) is 53.1 Å². The van der Waals surface area contributed by atoms with Gasteiger partial charge in [-0.3, -0.25) is 0 Å². The van der Waals surface area contributed by atoms with E-state index in [0.29, 0.717) is 0 Å². The Morgan fingerprint density at radius 3 is 2.58 bits per heavy atom. The van der Waals surface area contributed by atoms with Gasteiger partial charge in [0.1, 0.15) is 13.1 Å². The smallest absolute Gasteiger partial charge is 0.203 e. The molecule has 0 bridgehead atoms. The normalized spacial score (nSPS) is 17.0. The fraction of sp³-hybridized carbons (Fsp3) is 0.409. The summed E-state index contributed by atoms with van der Waals surface area (Å²) in [5.74, 6) is 0. The highest BCUT2D eigenvalue weighted by atomic mass is 15.1. The summed E-state index contributed by atoms with van der Waals surface area (Å²) in [6.45, 7) is 9.25. The second kappa shape index (κ2) is 5.20. The lowest BCUT2D eigenvalue weighted by Crippen LogP contribution is -2.36. The molecular formula is C22H27N2+. The number of nitrogens with zero attached hydrogens (tertiary/aromatic N) is 2. The third-order valence-electron chi connectivity index (χ3n) is 5.84. The number of benzene rings is 2. The maximum absolute atomic E-state index is 2.51. The Labute approximate surface area is 144 Å². The monoisotopic (exact) mass is 319 g/mol. The summed E-state index contributed by atoms with van der Waals surface area (Å²) in [6.07, 6.45) is 3.56. The van der Waals surface area contributed by atoms with Crippen LogP contribution in [0.3, 0.4) is 0 Å². The van der Waals surface area contributed by atoms with Crippen molar-refractivity contribution in [2.45, 2.75) is 32.6 Å². The molecule has 0 unspecified atom stereocenters. The van der Waals surface area contributed by atoms with Crippen molar-refractivity contribution in [3.05, 3.63) is 63.2 Å². The van der Waals surface area contributed by atoms with E-state index in [0.717, 1.165) is 13.1 Å². The van der Waals surface area contributed by atoms with Crippen LogP contribution in [0.25, 0.3) is 6.08 Å². The van der Waals surface area contributed by atoms with Crippen LogP contribution in [0.2, 0.25) is 0 Å². The molecule has 0 saturated heterocycles. The molecule has 1 aliphatic heterocycles. The molecule has 1 heterocycles. The SMILES string of the molecule is CC[N+]1=c2cc3c(cc2CC1)=Cc1ccc(N(C)C)cc1C3(C)C. The first-order valence-corrected chi connectivity index (χ1v) is 9.00. The largest absolute Gasteiger partial charge is 0.378 e. The molecule has 0 fully saturated rings. The molecule has 0 atom stereocenters. The molecule has 2 aliphatic rings. The predicted molar refractivity (Wildman–Crippen MR) is 103 cm³/mol. The van der Waals surface area contributed by atoms with Gasteiger partial charge in [0.2, 0.25) is 5.36 Å². The zero-order valence-electron chi connectivity index (χ0n) is 15.5. The molecule has 2 heteroatoms. The molecule has 2 aromatic carbocycles. The Morgan fingerprint density at radius 2 is 1.88 bits per heavy atom. The number of fused-ring (bicyclic) bond motifs is 3. The molecule has 0 radical (unpaired) electrons. The highest BCUT2D eigenvalue weighted by Gasteiger charge is 2.32. The summed E-state index contributed by atoms with van der Waals surface area (Å²) < 4.78 is 2.51. The molecule has 0 saturated carbocycles. The lowest BCUT2D eigenvalue weighted by Gasteiger charge is -2.32. The number of rotatable bonds is 2. The summed E-state index contributed by atoms with van der Waals surface area (Å²) >= 11 is 0. The second-order valence-corrected chi connectivity index (χ2v) is 7.83. The second-order valence-electron chi connectivity index (χ2n) is 7.83. The first-order chi connectivity index (χ1) is 11.4. The van der Waals surface area contributed by atoms with E-state index in [1.54, 1.807) is 0 Å². The minimum Gasteiger partial charge on any atom is -0.378 e.